The first kappa shape index (κ1) is 30.2. The number of halogens is 1. The van der Waals surface area contributed by atoms with E-state index in [9.17, 15) is 0 Å². The van der Waals surface area contributed by atoms with E-state index in [1.165, 1.54) is 142 Å². The lowest BCUT2D eigenvalue weighted by molar-refractivity contribution is -0.908. The lowest BCUT2D eigenvalue weighted by Crippen LogP contribution is -2.50. The molecule has 0 aliphatic heterocycles. The normalized spacial score (nSPS) is 12.8. The molecule has 2 heteroatoms. The lowest BCUT2D eigenvalue weighted by Gasteiger charge is -2.37. The van der Waals surface area contributed by atoms with Gasteiger partial charge in [-0.1, -0.05) is 117 Å². The minimum atomic E-state index is 0.319. The Morgan fingerprint density at radius 1 is 0.567 bits per heavy atom. The zero-order chi connectivity index (χ0) is 22.3. The minimum Gasteiger partial charge on any atom is -0.305 e. The van der Waals surface area contributed by atoms with Gasteiger partial charge in [0.1, 0.15) is 0 Å². The Balaban J connectivity index is 3.80. The zero-order valence-corrected chi connectivity index (χ0v) is 23.2. The first-order valence-corrected chi connectivity index (χ1v) is 14.8. The summed E-state index contributed by atoms with van der Waals surface area (Å²) >= 11 is 2.50. The minimum absolute atomic E-state index is 0.319. The second-order valence-electron chi connectivity index (χ2n) is 9.79. The molecular formula is C28H55IN+. The first-order valence-electron chi connectivity index (χ1n) is 13.5. The topological polar surface area (TPSA) is 0 Å². The maximum atomic E-state index is 5.82. The Morgan fingerprint density at radius 2 is 0.833 bits per heavy atom. The second kappa shape index (κ2) is 22.4. The average molecular weight is 533 g/mol. The maximum absolute atomic E-state index is 5.82. The number of nitrogens with zero attached hydrogens (tertiary/aromatic N) is 1. The molecule has 0 aromatic carbocycles. The summed E-state index contributed by atoms with van der Waals surface area (Å²) in [6.45, 7) is 7.10. The quantitative estimate of drug-likeness (QED) is 0.0307. The Morgan fingerprint density at radius 3 is 1.10 bits per heavy atom. The van der Waals surface area contributed by atoms with E-state index >= 15 is 0 Å². The number of unbranched alkanes of at least 4 members (excludes halogenated alkanes) is 18. The number of hydrogen-bond acceptors (Lipinski definition) is 0. The van der Waals surface area contributed by atoms with Crippen LogP contribution in [0.1, 0.15) is 142 Å². The molecule has 0 radical (unpaired) electrons. The zero-order valence-electron chi connectivity index (χ0n) is 21.0. The van der Waals surface area contributed by atoms with Gasteiger partial charge in [-0.15, -0.1) is 6.42 Å². The van der Waals surface area contributed by atoms with Crippen LogP contribution in [0.4, 0.5) is 0 Å². The Kier molecular flexibility index (Phi) is 22.6. The monoisotopic (exact) mass is 532 g/mol. The Labute approximate surface area is 205 Å². The highest BCUT2D eigenvalue weighted by atomic mass is 127. The van der Waals surface area contributed by atoms with Crippen LogP contribution in [0.15, 0.2) is 0 Å². The third-order valence-corrected chi connectivity index (χ3v) is 8.43. The van der Waals surface area contributed by atoms with Crippen LogP contribution in [0.25, 0.3) is 0 Å². The standard InChI is InChI=1S/C28H55IN/c1-5-8-10-12-14-16-18-20-22-24-26-30(4,28(29)7-3)27-25-23-21-19-17-15-13-11-9-6-2/h3,28H,5-6,8-27H2,1-2,4H3/q+1. The van der Waals surface area contributed by atoms with E-state index < -0.39 is 0 Å². The Hall–Kier alpha value is 0.250. The summed E-state index contributed by atoms with van der Waals surface area (Å²) in [5.74, 6) is 3.04. The molecule has 0 aromatic rings. The van der Waals surface area contributed by atoms with E-state index in [1.807, 2.05) is 0 Å². The third-order valence-electron chi connectivity index (χ3n) is 6.73. The molecule has 0 saturated heterocycles. The molecule has 0 bridgehead atoms. The van der Waals surface area contributed by atoms with Crippen molar-refractivity contribution in [3.8, 4) is 12.3 Å². The van der Waals surface area contributed by atoms with E-state index in [1.54, 1.807) is 0 Å². The molecular weight excluding hydrogens is 477 g/mol. The number of terminal acetylenes is 1. The molecule has 1 nitrogen and oxygen atoms in total. The van der Waals surface area contributed by atoms with Gasteiger partial charge >= 0.3 is 0 Å². The molecule has 0 aliphatic carbocycles. The van der Waals surface area contributed by atoms with Crippen molar-refractivity contribution in [2.24, 2.45) is 0 Å². The summed E-state index contributed by atoms with van der Waals surface area (Å²) in [6.07, 6.45) is 34.0. The SMILES string of the molecule is C#CC(I)[N+](C)(CCCCCCCCCCCC)CCCCCCCCCCCC. The van der Waals surface area contributed by atoms with Crippen LogP contribution in [0.3, 0.4) is 0 Å². The molecule has 0 amide bonds. The van der Waals surface area contributed by atoms with Crippen molar-refractivity contribution in [1.29, 1.82) is 0 Å². The summed E-state index contributed by atoms with van der Waals surface area (Å²) in [4.78, 5) is 0. The molecule has 178 valence electrons. The fourth-order valence-corrected chi connectivity index (χ4v) is 5.00. The Bertz CT molecular complexity index is 363. The van der Waals surface area contributed by atoms with Crippen LogP contribution >= 0.6 is 22.6 Å². The number of alkyl halides is 1. The van der Waals surface area contributed by atoms with E-state index in [0.29, 0.717) is 4.05 Å². The summed E-state index contributed by atoms with van der Waals surface area (Å²) in [6, 6.07) is 0. The van der Waals surface area contributed by atoms with E-state index in [2.05, 4.69) is 49.4 Å². The molecule has 0 N–H and O–H groups in total. The van der Waals surface area contributed by atoms with Gasteiger partial charge in [0.15, 0.2) is 4.05 Å². The predicted octanol–water partition coefficient (Wildman–Crippen LogP) is 9.67. The van der Waals surface area contributed by atoms with Crippen molar-refractivity contribution < 1.29 is 4.48 Å². The van der Waals surface area contributed by atoms with Gasteiger partial charge in [0, 0.05) is 22.6 Å². The van der Waals surface area contributed by atoms with Gasteiger partial charge in [0.2, 0.25) is 0 Å². The number of rotatable bonds is 23. The first-order chi connectivity index (χ1) is 14.6. The fourth-order valence-electron chi connectivity index (χ4n) is 4.44. The molecule has 1 unspecified atom stereocenters. The van der Waals surface area contributed by atoms with E-state index in [0.717, 1.165) is 4.48 Å². The largest absolute Gasteiger partial charge is 0.305 e. The van der Waals surface area contributed by atoms with Crippen molar-refractivity contribution in [2.75, 3.05) is 20.1 Å². The van der Waals surface area contributed by atoms with Crippen molar-refractivity contribution in [3.05, 3.63) is 0 Å². The van der Waals surface area contributed by atoms with Gasteiger partial charge in [0.25, 0.3) is 0 Å². The maximum Gasteiger partial charge on any atom is 0.200 e. The van der Waals surface area contributed by atoms with Gasteiger partial charge in [-0.05, 0) is 31.6 Å². The number of quaternary nitrogens is 1. The third kappa shape index (κ3) is 17.9. The second-order valence-corrected chi connectivity index (χ2v) is 11.0. The van der Waals surface area contributed by atoms with E-state index in [4.69, 9.17) is 6.42 Å². The smallest absolute Gasteiger partial charge is 0.200 e. The van der Waals surface area contributed by atoms with Gasteiger partial charge < -0.3 is 4.48 Å². The van der Waals surface area contributed by atoms with Crippen molar-refractivity contribution in [2.45, 2.75) is 146 Å². The molecule has 0 aromatic heterocycles. The van der Waals surface area contributed by atoms with Crippen molar-refractivity contribution in [3.63, 3.8) is 0 Å². The molecule has 30 heavy (non-hydrogen) atoms. The highest BCUT2D eigenvalue weighted by molar-refractivity contribution is 14.1. The van der Waals surface area contributed by atoms with Gasteiger partial charge in [-0.2, -0.15) is 0 Å². The average Bonchev–Trinajstić information content (AvgIpc) is 2.75. The molecule has 0 heterocycles. The molecule has 0 spiro atoms. The van der Waals surface area contributed by atoms with Gasteiger partial charge in [-0.25, -0.2) is 0 Å². The van der Waals surface area contributed by atoms with Crippen LogP contribution in [0.2, 0.25) is 0 Å². The summed E-state index contributed by atoms with van der Waals surface area (Å²) < 4.78 is 1.39. The van der Waals surface area contributed by atoms with Crippen LogP contribution < -0.4 is 0 Å². The summed E-state index contributed by atoms with van der Waals surface area (Å²) in [5.41, 5.74) is 0. The van der Waals surface area contributed by atoms with Crippen molar-refractivity contribution in [1.82, 2.24) is 0 Å². The summed E-state index contributed by atoms with van der Waals surface area (Å²) in [7, 11) is 2.40. The van der Waals surface area contributed by atoms with Gasteiger partial charge in [-0.3, -0.25) is 0 Å². The highest BCUT2D eigenvalue weighted by Gasteiger charge is 2.27. The molecule has 0 saturated carbocycles. The van der Waals surface area contributed by atoms with Crippen LogP contribution in [-0.4, -0.2) is 28.7 Å². The highest BCUT2D eigenvalue weighted by Crippen LogP contribution is 2.21. The van der Waals surface area contributed by atoms with Crippen LogP contribution in [0.5, 0.6) is 0 Å². The molecule has 0 fully saturated rings. The fraction of sp³-hybridized carbons (Fsp3) is 0.929. The van der Waals surface area contributed by atoms with Crippen LogP contribution in [-0.2, 0) is 0 Å². The van der Waals surface area contributed by atoms with Crippen LogP contribution in [0, 0.1) is 12.3 Å². The number of hydrogen-bond donors (Lipinski definition) is 0. The molecule has 0 rings (SSSR count). The predicted molar refractivity (Wildman–Crippen MR) is 146 cm³/mol. The van der Waals surface area contributed by atoms with Gasteiger partial charge in [0.05, 0.1) is 20.1 Å². The van der Waals surface area contributed by atoms with Crippen molar-refractivity contribution >= 4 is 22.6 Å². The lowest BCUT2D eigenvalue weighted by atomic mass is 10.1. The summed E-state index contributed by atoms with van der Waals surface area (Å²) in [5, 5.41) is 0. The van der Waals surface area contributed by atoms with E-state index in [-0.39, 0.29) is 0 Å². The molecule has 0 aliphatic rings. The molecule has 1 atom stereocenters.